The minimum absolute atomic E-state index is 0.0194. The van der Waals surface area contributed by atoms with Crippen LogP contribution < -0.4 is 14.9 Å². The molecule has 2 rings (SSSR count). The lowest BCUT2D eigenvalue weighted by Crippen LogP contribution is -2.26. The fourth-order valence-electron chi connectivity index (χ4n) is 1.77. The maximum absolute atomic E-state index is 12.2. The fraction of sp³-hybridized carbons (Fsp3) is 0.417. The van der Waals surface area contributed by atoms with E-state index in [0.29, 0.717) is 0 Å². The molecule has 1 unspecified atom stereocenters. The molecule has 0 amide bonds. The van der Waals surface area contributed by atoms with E-state index in [-0.39, 0.29) is 16.7 Å². The summed E-state index contributed by atoms with van der Waals surface area (Å²) in [5, 5.41) is 4.48. The Labute approximate surface area is 114 Å². The first-order valence-electron chi connectivity index (χ1n) is 5.67. The highest BCUT2D eigenvalue weighted by atomic mass is 32.2. The Kier molecular flexibility index (Phi) is 4.47. The van der Waals surface area contributed by atoms with E-state index in [1.54, 1.807) is 23.9 Å². The van der Waals surface area contributed by atoms with Crippen LogP contribution >= 0.6 is 11.8 Å². The van der Waals surface area contributed by atoms with Gasteiger partial charge in [0.05, 0.1) is 18.7 Å². The smallest absolute Gasteiger partial charge is 0.387 e. The summed E-state index contributed by atoms with van der Waals surface area (Å²) in [7, 11) is 1.41. The molecule has 7 heteroatoms. The van der Waals surface area contributed by atoms with E-state index in [4.69, 9.17) is 4.74 Å². The molecule has 0 aromatic heterocycles. The van der Waals surface area contributed by atoms with Gasteiger partial charge < -0.3 is 9.47 Å². The number of methoxy groups -OCH3 is 1. The van der Waals surface area contributed by atoms with Crippen LogP contribution in [0.2, 0.25) is 0 Å². The topological polar surface area (TPSA) is 42.8 Å². The van der Waals surface area contributed by atoms with Crippen molar-refractivity contribution >= 4 is 17.5 Å². The summed E-state index contributed by atoms with van der Waals surface area (Å²) in [5.41, 5.74) is 4.59. The first-order chi connectivity index (χ1) is 9.11. The zero-order valence-electron chi connectivity index (χ0n) is 10.5. The Morgan fingerprint density at radius 1 is 1.42 bits per heavy atom. The third kappa shape index (κ3) is 3.28. The van der Waals surface area contributed by atoms with Crippen LogP contribution in [0.4, 0.5) is 8.78 Å². The van der Waals surface area contributed by atoms with Crippen LogP contribution in [0, 0.1) is 0 Å². The van der Waals surface area contributed by atoms with Crippen LogP contribution in [0.3, 0.4) is 0 Å². The summed E-state index contributed by atoms with van der Waals surface area (Å²) in [5.74, 6) is 1.04. The van der Waals surface area contributed by atoms with Crippen LogP contribution in [0.5, 0.6) is 11.5 Å². The first kappa shape index (κ1) is 13.9. The summed E-state index contributed by atoms with van der Waals surface area (Å²) in [6, 6.07) is 4.82. The van der Waals surface area contributed by atoms with Crippen molar-refractivity contribution in [3.8, 4) is 11.5 Å². The van der Waals surface area contributed by atoms with Crippen LogP contribution in [-0.2, 0) is 0 Å². The van der Waals surface area contributed by atoms with Crippen molar-refractivity contribution in [3.05, 3.63) is 23.8 Å². The lowest BCUT2D eigenvalue weighted by Gasteiger charge is -2.20. The average Bonchev–Trinajstić information content (AvgIpc) is 2.39. The van der Waals surface area contributed by atoms with E-state index in [1.807, 2.05) is 6.92 Å². The Balaban J connectivity index is 2.30. The molecule has 0 aliphatic carbocycles. The van der Waals surface area contributed by atoms with Gasteiger partial charge in [0.2, 0.25) is 0 Å². The van der Waals surface area contributed by atoms with Crippen molar-refractivity contribution in [3.63, 3.8) is 0 Å². The largest absolute Gasteiger partial charge is 0.493 e. The number of benzene rings is 1. The molecule has 1 atom stereocenters. The Morgan fingerprint density at radius 3 is 2.84 bits per heavy atom. The average molecular weight is 288 g/mol. The summed E-state index contributed by atoms with van der Waals surface area (Å²) in [6.45, 7) is -0.830. The van der Waals surface area contributed by atoms with Crippen LogP contribution in [0.15, 0.2) is 23.3 Å². The maximum Gasteiger partial charge on any atom is 0.387 e. The number of halogens is 2. The molecule has 0 saturated heterocycles. The van der Waals surface area contributed by atoms with Gasteiger partial charge >= 0.3 is 6.61 Å². The molecule has 4 nitrogen and oxygen atoms in total. The van der Waals surface area contributed by atoms with Crippen LogP contribution in [0.25, 0.3) is 0 Å². The van der Waals surface area contributed by atoms with Gasteiger partial charge in [0.25, 0.3) is 0 Å². The first-order valence-corrected chi connectivity index (χ1v) is 6.72. The normalized spacial score (nSPS) is 18.8. The number of rotatable bonds is 4. The minimum Gasteiger partial charge on any atom is -0.493 e. The number of hydrazone groups is 1. The molecule has 104 valence electrons. The van der Waals surface area contributed by atoms with Crippen molar-refractivity contribution in [2.75, 3.05) is 13.0 Å². The third-order valence-electron chi connectivity index (χ3n) is 2.66. The molecule has 0 bridgehead atoms. The lowest BCUT2D eigenvalue weighted by molar-refractivity contribution is -0.0512. The standard InChI is InChI=1S/C12H14F2N2O2S/c1-7-11(16-15-6-19-7)8-3-4-9(18-12(13)14)10(5-8)17-2/h3-5,7,12,15H,6H2,1-2H3. The van der Waals surface area contributed by atoms with E-state index < -0.39 is 6.61 Å². The lowest BCUT2D eigenvalue weighted by atomic mass is 10.1. The number of nitrogens with zero attached hydrogens (tertiary/aromatic N) is 1. The molecular weight excluding hydrogens is 274 g/mol. The predicted molar refractivity (Wildman–Crippen MR) is 71.2 cm³/mol. The van der Waals surface area contributed by atoms with E-state index >= 15 is 0 Å². The summed E-state index contributed by atoms with van der Waals surface area (Å²) in [6.07, 6.45) is 0. The molecule has 0 saturated carbocycles. The van der Waals surface area contributed by atoms with Gasteiger partial charge in [-0.05, 0) is 25.1 Å². The van der Waals surface area contributed by atoms with Gasteiger partial charge in [-0.25, -0.2) is 0 Å². The van der Waals surface area contributed by atoms with Crippen molar-refractivity contribution in [2.45, 2.75) is 18.8 Å². The highest BCUT2D eigenvalue weighted by Crippen LogP contribution is 2.31. The molecule has 1 aliphatic rings. The quantitative estimate of drug-likeness (QED) is 0.925. The van der Waals surface area contributed by atoms with E-state index in [9.17, 15) is 8.78 Å². The van der Waals surface area contributed by atoms with Gasteiger partial charge in [0.15, 0.2) is 11.5 Å². The second-order valence-electron chi connectivity index (χ2n) is 3.85. The molecule has 1 aromatic rings. The van der Waals surface area contributed by atoms with Crippen LogP contribution in [-0.4, -0.2) is 30.6 Å². The molecular formula is C12H14F2N2O2S. The Bertz CT molecular complexity index is 483. The second-order valence-corrected chi connectivity index (χ2v) is 5.18. The van der Waals surface area contributed by atoms with Crippen LogP contribution in [0.1, 0.15) is 12.5 Å². The Hall–Kier alpha value is -1.50. The number of hydrogen-bond acceptors (Lipinski definition) is 5. The zero-order valence-corrected chi connectivity index (χ0v) is 11.3. The number of thioether (sulfide) groups is 1. The second kappa shape index (κ2) is 6.10. The highest BCUT2D eigenvalue weighted by molar-refractivity contribution is 8.00. The summed E-state index contributed by atoms with van der Waals surface area (Å²) < 4.78 is 33.9. The molecule has 0 fully saturated rings. The van der Waals surface area contributed by atoms with Gasteiger partial charge in [-0.3, -0.25) is 5.43 Å². The third-order valence-corrected chi connectivity index (χ3v) is 3.68. The monoisotopic (exact) mass is 288 g/mol. The SMILES string of the molecule is COc1cc(C2=NNCSC2C)ccc1OC(F)F. The van der Waals surface area contributed by atoms with Gasteiger partial charge in [-0.15, -0.1) is 11.8 Å². The number of hydrogen-bond donors (Lipinski definition) is 1. The number of alkyl halides is 2. The molecule has 19 heavy (non-hydrogen) atoms. The Morgan fingerprint density at radius 2 is 2.21 bits per heavy atom. The zero-order chi connectivity index (χ0) is 13.8. The van der Waals surface area contributed by atoms with Crippen molar-refractivity contribution in [1.29, 1.82) is 0 Å². The molecule has 0 radical (unpaired) electrons. The van der Waals surface area contributed by atoms with Crippen molar-refractivity contribution in [1.82, 2.24) is 5.43 Å². The number of ether oxygens (including phenoxy) is 2. The van der Waals surface area contributed by atoms with Crippen molar-refractivity contribution < 1.29 is 18.3 Å². The van der Waals surface area contributed by atoms with Gasteiger partial charge in [0.1, 0.15) is 0 Å². The molecule has 1 heterocycles. The molecule has 1 aliphatic heterocycles. The molecule has 0 spiro atoms. The maximum atomic E-state index is 12.2. The van der Waals surface area contributed by atoms with Gasteiger partial charge in [0, 0.05) is 10.8 Å². The minimum atomic E-state index is -2.87. The summed E-state index contributed by atoms with van der Waals surface area (Å²) in [4.78, 5) is 0. The van der Waals surface area contributed by atoms with E-state index in [0.717, 1.165) is 17.2 Å². The molecule has 1 N–H and O–H groups in total. The van der Waals surface area contributed by atoms with Gasteiger partial charge in [-0.2, -0.15) is 13.9 Å². The molecule has 1 aromatic carbocycles. The highest BCUT2D eigenvalue weighted by Gasteiger charge is 2.19. The van der Waals surface area contributed by atoms with E-state index in [2.05, 4.69) is 15.3 Å². The van der Waals surface area contributed by atoms with Crippen molar-refractivity contribution in [2.24, 2.45) is 5.10 Å². The number of nitrogens with one attached hydrogen (secondary N) is 1. The van der Waals surface area contributed by atoms with Gasteiger partial charge in [-0.1, -0.05) is 0 Å². The van der Waals surface area contributed by atoms with E-state index in [1.165, 1.54) is 13.2 Å². The predicted octanol–water partition coefficient (Wildman–Crippen LogP) is 2.68. The summed E-state index contributed by atoms with van der Waals surface area (Å²) >= 11 is 1.72. The fourth-order valence-corrected chi connectivity index (χ4v) is 2.50.